The molecule has 1 saturated heterocycles. The fraction of sp³-hybridized carbons (Fsp3) is 1.00. The van der Waals surface area contributed by atoms with Gasteiger partial charge in [-0.15, -0.1) is 0 Å². The Morgan fingerprint density at radius 1 is 1.31 bits per heavy atom. The van der Waals surface area contributed by atoms with Crippen LogP contribution in [0.5, 0.6) is 0 Å². The fourth-order valence-corrected chi connectivity index (χ4v) is 1.41. The van der Waals surface area contributed by atoms with Gasteiger partial charge >= 0.3 is 0 Å². The molecule has 0 unspecified atom stereocenters. The van der Waals surface area contributed by atoms with Crippen LogP contribution in [0, 0.1) is 0 Å². The van der Waals surface area contributed by atoms with E-state index in [4.69, 9.17) is 15.0 Å². The Morgan fingerprint density at radius 2 is 2.00 bits per heavy atom. The Labute approximate surface area is 92.0 Å². The van der Waals surface area contributed by atoms with E-state index in [1.807, 2.05) is 0 Å². The molecule has 16 heavy (non-hydrogen) atoms. The first-order valence-electron chi connectivity index (χ1n) is 4.90. The number of azide groups is 1. The molecule has 1 heterocycles. The number of aliphatic hydroxyl groups is 3. The molecule has 5 atom stereocenters. The SMILES string of the molecule is C[C@@H]1O[C@@H](OCCN=[N+]=[N-])[C@H](O)[C@H](O)[C@H]1O. The maximum absolute atomic E-state index is 9.52. The van der Waals surface area contributed by atoms with Gasteiger partial charge in [0.1, 0.15) is 18.3 Å². The third-order valence-corrected chi connectivity index (χ3v) is 2.35. The van der Waals surface area contributed by atoms with Crippen LogP contribution in [0.15, 0.2) is 5.11 Å². The highest BCUT2D eigenvalue weighted by Crippen LogP contribution is 2.21. The molecule has 8 nitrogen and oxygen atoms in total. The Hall–Kier alpha value is -0.890. The minimum atomic E-state index is -1.32. The summed E-state index contributed by atoms with van der Waals surface area (Å²) < 4.78 is 10.2. The van der Waals surface area contributed by atoms with Crippen LogP contribution in [0.25, 0.3) is 10.4 Å². The van der Waals surface area contributed by atoms with Crippen molar-refractivity contribution in [1.29, 1.82) is 0 Å². The number of hydrogen-bond donors (Lipinski definition) is 3. The van der Waals surface area contributed by atoms with Crippen molar-refractivity contribution >= 4 is 0 Å². The molecule has 1 aliphatic heterocycles. The second-order valence-electron chi connectivity index (χ2n) is 3.51. The summed E-state index contributed by atoms with van der Waals surface area (Å²) in [5.41, 5.74) is 8.02. The molecule has 0 spiro atoms. The van der Waals surface area contributed by atoms with Crippen molar-refractivity contribution in [2.45, 2.75) is 37.6 Å². The van der Waals surface area contributed by atoms with Crippen molar-refractivity contribution in [3.63, 3.8) is 0 Å². The summed E-state index contributed by atoms with van der Waals surface area (Å²) in [6.07, 6.45) is -5.44. The minimum Gasteiger partial charge on any atom is -0.388 e. The van der Waals surface area contributed by atoms with Crippen LogP contribution in [0.2, 0.25) is 0 Å². The monoisotopic (exact) mass is 233 g/mol. The molecule has 92 valence electrons. The summed E-state index contributed by atoms with van der Waals surface area (Å²) in [4.78, 5) is 2.53. The summed E-state index contributed by atoms with van der Waals surface area (Å²) >= 11 is 0. The van der Waals surface area contributed by atoms with E-state index in [0.717, 1.165) is 0 Å². The van der Waals surface area contributed by atoms with Gasteiger partial charge in [0, 0.05) is 11.5 Å². The second-order valence-corrected chi connectivity index (χ2v) is 3.51. The van der Waals surface area contributed by atoms with E-state index >= 15 is 0 Å². The van der Waals surface area contributed by atoms with Crippen molar-refractivity contribution in [2.75, 3.05) is 13.2 Å². The van der Waals surface area contributed by atoms with Gasteiger partial charge in [0.2, 0.25) is 0 Å². The Bertz CT molecular complexity index is 270. The first kappa shape index (κ1) is 13.2. The quantitative estimate of drug-likeness (QED) is 0.252. The first-order chi connectivity index (χ1) is 7.57. The predicted molar refractivity (Wildman–Crippen MR) is 52.3 cm³/mol. The molecule has 0 aromatic rings. The van der Waals surface area contributed by atoms with Gasteiger partial charge in [0.25, 0.3) is 0 Å². The normalized spacial score (nSPS) is 39.1. The smallest absolute Gasteiger partial charge is 0.186 e. The van der Waals surface area contributed by atoms with Gasteiger partial charge in [0.15, 0.2) is 6.29 Å². The van der Waals surface area contributed by atoms with Gasteiger partial charge in [-0.3, -0.25) is 0 Å². The molecule has 0 aliphatic carbocycles. The number of nitrogens with zero attached hydrogens (tertiary/aromatic N) is 3. The molecule has 3 N–H and O–H groups in total. The highest BCUT2D eigenvalue weighted by atomic mass is 16.7. The number of hydrogen-bond acceptors (Lipinski definition) is 6. The standard InChI is InChI=1S/C8H15N3O5/c1-4-5(12)6(13)7(14)8(16-4)15-3-2-10-11-9/h4-8,12-14H,2-3H2,1H3/t4-,5-,6+,7+,8+/m0/s1. The zero-order valence-corrected chi connectivity index (χ0v) is 8.80. The maximum Gasteiger partial charge on any atom is 0.186 e. The van der Waals surface area contributed by atoms with Crippen molar-refractivity contribution in [3.05, 3.63) is 10.4 Å². The molecular formula is C8H15N3O5. The van der Waals surface area contributed by atoms with Crippen LogP contribution in [0.3, 0.4) is 0 Å². The summed E-state index contributed by atoms with van der Waals surface area (Å²) in [5, 5.41) is 31.6. The molecule has 1 aliphatic rings. The third kappa shape index (κ3) is 3.05. The number of ether oxygens (including phenoxy) is 2. The van der Waals surface area contributed by atoms with Crippen LogP contribution in [-0.4, -0.2) is 59.2 Å². The largest absolute Gasteiger partial charge is 0.388 e. The van der Waals surface area contributed by atoms with E-state index in [1.165, 1.54) is 0 Å². The van der Waals surface area contributed by atoms with Crippen LogP contribution in [-0.2, 0) is 9.47 Å². The molecule has 0 aromatic heterocycles. The Kier molecular flexibility index (Phi) is 4.94. The van der Waals surface area contributed by atoms with E-state index in [1.54, 1.807) is 6.92 Å². The first-order valence-corrected chi connectivity index (χ1v) is 4.90. The lowest BCUT2D eigenvalue weighted by Crippen LogP contribution is -2.57. The van der Waals surface area contributed by atoms with Crippen molar-refractivity contribution in [1.82, 2.24) is 0 Å². The molecule has 1 fully saturated rings. The van der Waals surface area contributed by atoms with Crippen molar-refractivity contribution in [2.24, 2.45) is 5.11 Å². The van der Waals surface area contributed by atoms with Crippen LogP contribution >= 0.6 is 0 Å². The van der Waals surface area contributed by atoms with Gasteiger partial charge in [0.05, 0.1) is 12.7 Å². The van der Waals surface area contributed by atoms with Crippen LogP contribution in [0.4, 0.5) is 0 Å². The van der Waals surface area contributed by atoms with Crippen molar-refractivity contribution in [3.8, 4) is 0 Å². The van der Waals surface area contributed by atoms with Gasteiger partial charge < -0.3 is 24.8 Å². The predicted octanol–water partition coefficient (Wildman–Crippen LogP) is -0.859. The summed E-state index contributed by atoms with van der Waals surface area (Å²) in [5.74, 6) is 0. The molecule has 0 radical (unpaired) electrons. The fourth-order valence-electron chi connectivity index (χ4n) is 1.41. The third-order valence-electron chi connectivity index (χ3n) is 2.35. The topological polar surface area (TPSA) is 128 Å². The molecule has 0 amide bonds. The lowest BCUT2D eigenvalue weighted by Gasteiger charge is -2.38. The summed E-state index contributed by atoms with van der Waals surface area (Å²) in [6, 6.07) is 0. The van der Waals surface area contributed by atoms with E-state index in [0.29, 0.717) is 0 Å². The average Bonchev–Trinajstić information content (AvgIpc) is 2.28. The van der Waals surface area contributed by atoms with Crippen LogP contribution < -0.4 is 0 Å². The van der Waals surface area contributed by atoms with E-state index < -0.39 is 30.7 Å². The average molecular weight is 233 g/mol. The number of rotatable bonds is 4. The molecule has 8 heteroatoms. The van der Waals surface area contributed by atoms with Gasteiger partial charge in [-0.25, -0.2) is 0 Å². The van der Waals surface area contributed by atoms with Crippen molar-refractivity contribution < 1.29 is 24.8 Å². The molecular weight excluding hydrogens is 218 g/mol. The molecule has 0 bridgehead atoms. The van der Waals surface area contributed by atoms with Gasteiger partial charge in [-0.1, -0.05) is 5.11 Å². The van der Waals surface area contributed by atoms with E-state index in [-0.39, 0.29) is 13.2 Å². The Balaban J connectivity index is 2.44. The minimum absolute atomic E-state index is 0.0708. The maximum atomic E-state index is 9.52. The molecule has 0 aromatic carbocycles. The highest BCUT2D eigenvalue weighted by Gasteiger charge is 2.42. The summed E-state index contributed by atoms with van der Waals surface area (Å²) in [7, 11) is 0. The molecule has 0 saturated carbocycles. The van der Waals surface area contributed by atoms with Gasteiger partial charge in [-0.05, 0) is 12.5 Å². The lowest BCUT2D eigenvalue weighted by molar-refractivity contribution is -0.292. The number of aliphatic hydroxyl groups excluding tert-OH is 3. The van der Waals surface area contributed by atoms with Crippen LogP contribution in [0.1, 0.15) is 6.92 Å². The second kappa shape index (κ2) is 6.00. The molecule has 1 rings (SSSR count). The zero-order valence-electron chi connectivity index (χ0n) is 8.80. The van der Waals surface area contributed by atoms with E-state index in [2.05, 4.69) is 10.0 Å². The lowest BCUT2D eigenvalue weighted by atomic mass is 10.0. The summed E-state index contributed by atoms with van der Waals surface area (Å²) in [6.45, 7) is 1.74. The Morgan fingerprint density at radius 3 is 2.62 bits per heavy atom. The van der Waals surface area contributed by atoms with Gasteiger partial charge in [-0.2, -0.15) is 0 Å². The van der Waals surface area contributed by atoms with E-state index in [9.17, 15) is 15.3 Å². The zero-order chi connectivity index (χ0) is 12.1. The highest BCUT2D eigenvalue weighted by molar-refractivity contribution is 4.87.